The summed E-state index contributed by atoms with van der Waals surface area (Å²) in [5, 5.41) is 19.1. The van der Waals surface area contributed by atoms with Gasteiger partial charge < -0.3 is 10.2 Å². The van der Waals surface area contributed by atoms with Crippen molar-refractivity contribution in [3.8, 4) is 0 Å². The fourth-order valence-electron chi connectivity index (χ4n) is 2.16. The molecular weight excluding hydrogens is 233 g/mol. The summed E-state index contributed by atoms with van der Waals surface area (Å²) in [6.07, 6.45) is 1.22. The summed E-state index contributed by atoms with van der Waals surface area (Å²) in [6, 6.07) is 6.43. The van der Waals surface area contributed by atoms with Crippen LogP contribution in [0.3, 0.4) is 0 Å². The van der Waals surface area contributed by atoms with Crippen molar-refractivity contribution < 1.29 is 14.6 Å². The predicted molar refractivity (Wildman–Crippen MR) is 68.3 cm³/mol. The van der Waals surface area contributed by atoms with E-state index in [4.69, 9.17) is 0 Å². The zero-order valence-electron chi connectivity index (χ0n) is 10.4. The molecule has 1 aliphatic rings. The van der Waals surface area contributed by atoms with Crippen LogP contribution in [0.1, 0.15) is 18.9 Å². The average molecular weight is 251 g/mol. The highest BCUT2D eigenvalue weighted by molar-refractivity contribution is 5.66. The van der Waals surface area contributed by atoms with E-state index in [1.165, 1.54) is 12.1 Å². The number of halogens is 1. The molecule has 0 aromatic heterocycles. The number of aliphatic hydroxyl groups excluding tert-OH is 2. The Morgan fingerprint density at radius 1 is 1.22 bits per heavy atom. The minimum absolute atomic E-state index is 0.235. The Kier molecular flexibility index (Phi) is 4.11. The first-order valence-corrected chi connectivity index (χ1v) is 6.13. The minimum atomic E-state index is -0.823. The molecule has 1 heterocycles. The third-order valence-electron chi connectivity index (χ3n) is 3.26. The number of rotatable bonds is 3. The fourth-order valence-corrected chi connectivity index (χ4v) is 2.16. The van der Waals surface area contributed by atoms with Crippen LogP contribution in [0.5, 0.6) is 0 Å². The summed E-state index contributed by atoms with van der Waals surface area (Å²) in [7, 11) is 0. The van der Waals surface area contributed by atoms with Crippen LogP contribution < -0.4 is 0 Å². The molecule has 18 heavy (non-hydrogen) atoms. The van der Waals surface area contributed by atoms with Gasteiger partial charge in [-0.15, -0.1) is 0 Å². The van der Waals surface area contributed by atoms with E-state index in [0.717, 1.165) is 17.6 Å². The molecule has 0 spiro atoms. The molecule has 3 nitrogen and oxygen atoms in total. The molecule has 4 heteroatoms. The standard InChI is InChI=1S/C14H18FNO2/c1-10(17)14(18)16-8-6-12(7-9-16)11-2-4-13(15)5-3-11/h2-6,10,14,17-18H,7-9H2,1H3. The van der Waals surface area contributed by atoms with Gasteiger partial charge >= 0.3 is 0 Å². The normalized spacial score (nSPS) is 20.3. The molecule has 2 unspecified atom stereocenters. The first kappa shape index (κ1) is 13.2. The molecule has 1 aromatic carbocycles. The third kappa shape index (κ3) is 2.96. The quantitative estimate of drug-likeness (QED) is 0.858. The van der Waals surface area contributed by atoms with E-state index in [-0.39, 0.29) is 5.82 Å². The second-order valence-electron chi connectivity index (χ2n) is 4.64. The van der Waals surface area contributed by atoms with E-state index in [2.05, 4.69) is 0 Å². The van der Waals surface area contributed by atoms with Gasteiger partial charge in [-0.05, 0) is 36.6 Å². The Bertz CT molecular complexity index is 428. The van der Waals surface area contributed by atoms with Crippen LogP contribution in [0, 0.1) is 5.82 Å². The molecule has 0 radical (unpaired) electrons. The van der Waals surface area contributed by atoms with Crippen LogP contribution in [0.2, 0.25) is 0 Å². The van der Waals surface area contributed by atoms with Gasteiger partial charge in [0.2, 0.25) is 0 Å². The summed E-state index contributed by atoms with van der Waals surface area (Å²) in [5.41, 5.74) is 2.17. The van der Waals surface area contributed by atoms with Crippen molar-refractivity contribution in [1.29, 1.82) is 0 Å². The molecule has 1 aromatic rings. The Morgan fingerprint density at radius 3 is 2.39 bits per heavy atom. The van der Waals surface area contributed by atoms with Gasteiger partial charge in [-0.1, -0.05) is 18.2 Å². The topological polar surface area (TPSA) is 43.7 Å². The van der Waals surface area contributed by atoms with Crippen molar-refractivity contribution in [2.45, 2.75) is 25.7 Å². The molecule has 2 N–H and O–H groups in total. The second-order valence-corrected chi connectivity index (χ2v) is 4.64. The molecule has 2 atom stereocenters. The van der Waals surface area contributed by atoms with Gasteiger partial charge in [0.1, 0.15) is 12.0 Å². The Morgan fingerprint density at radius 2 is 1.89 bits per heavy atom. The van der Waals surface area contributed by atoms with Gasteiger partial charge in [0.05, 0.1) is 6.10 Å². The molecule has 0 fully saturated rings. The maximum absolute atomic E-state index is 12.8. The van der Waals surface area contributed by atoms with E-state index < -0.39 is 12.3 Å². The number of hydrogen-bond donors (Lipinski definition) is 2. The first-order valence-electron chi connectivity index (χ1n) is 6.13. The maximum Gasteiger partial charge on any atom is 0.133 e. The number of benzene rings is 1. The SMILES string of the molecule is CC(O)C(O)N1CC=C(c2ccc(F)cc2)CC1. The Labute approximate surface area is 106 Å². The van der Waals surface area contributed by atoms with E-state index in [1.807, 2.05) is 11.0 Å². The Hall–Kier alpha value is -1.23. The van der Waals surface area contributed by atoms with Gasteiger partial charge in [-0.2, -0.15) is 0 Å². The highest BCUT2D eigenvalue weighted by Gasteiger charge is 2.22. The van der Waals surface area contributed by atoms with Gasteiger partial charge in [0.25, 0.3) is 0 Å². The van der Waals surface area contributed by atoms with Crippen LogP contribution in [-0.4, -0.2) is 40.5 Å². The summed E-state index contributed by atoms with van der Waals surface area (Å²) in [6.45, 7) is 2.86. The lowest BCUT2D eigenvalue weighted by atomic mass is 9.99. The predicted octanol–water partition coefficient (Wildman–Crippen LogP) is 1.61. The van der Waals surface area contributed by atoms with E-state index in [1.54, 1.807) is 19.1 Å². The second kappa shape index (κ2) is 5.61. The van der Waals surface area contributed by atoms with Gasteiger partial charge in [0.15, 0.2) is 0 Å². The van der Waals surface area contributed by atoms with Gasteiger partial charge in [-0.3, -0.25) is 4.90 Å². The lowest BCUT2D eigenvalue weighted by Gasteiger charge is -2.32. The number of aliphatic hydroxyl groups is 2. The zero-order valence-corrected chi connectivity index (χ0v) is 10.4. The molecule has 0 bridgehead atoms. The summed E-state index contributed by atoms with van der Waals surface area (Å²) >= 11 is 0. The van der Waals surface area contributed by atoms with Gasteiger partial charge in [0, 0.05) is 13.1 Å². The largest absolute Gasteiger partial charge is 0.389 e. The van der Waals surface area contributed by atoms with Gasteiger partial charge in [-0.25, -0.2) is 4.39 Å². The van der Waals surface area contributed by atoms with Crippen molar-refractivity contribution in [2.75, 3.05) is 13.1 Å². The van der Waals surface area contributed by atoms with Crippen molar-refractivity contribution in [3.05, 3.63) is 41.7 Å². The van der Waals surface area contributed by atoms with E-state index in [9.17, 15) is 14.6 Å². The highest BCUT2D eigenvalue weighted by Crippen LogP contribution is 2.23. The van der Waals surface area contributed by atoms with E-state index >= 15 is 0 Å². The molecule has 0 saturated carbocycles. The summed E-state index contributed by atoms with van der Waals surface area (Å²) < 4.78 is 12.8. The smallest absolute Gasteiger partial charge is 0.133 e. The zero-order chi connectivity index (χ0) is 13.1. The van der Waals surface area contributed by atoms with E-state index in [0.29, 0.717) is 13.1 Å². The van der Waals surface area contributed by atoms with Crippen LogP contribution in [0.15, 0.2) is 30.3 Å². The van der Waals surface area contributed by atoms with Crippen LogP contribution in [0.4, 0.5) is 4.39 Å². The molecule has 98 valence electrons. The summed E-state index contributed by atoms with van der Waals surface area (Å²) in [5.74, 6) is -0.235. The molecule has 2 rings (SSSR count). The first-order chi connectivity index (χ1) is 8.58. The number of hydrogen-bond acceptors (Lipinski definition) is 3. The van der Waals surface area contributed by atoms with Crippen molar-refractivity contribution >= 4 is 5.57 Å². The van der Waals surface area contributed by atoms with Crippen molar-refractivity contribution in [1.82, 2.24) is 4.90 Å². The fraction of sp³-hybridized carbons (Fsp3) is 0.429. The Balaban J connectivity index is 2.04. The average Bonchev–Trinajstić information content (AvgIpc) is 2.39. The lowest BCUT2D eigenvalue weighted by Crippen LogP contribution is -2.44. The van der Waals surface area contributed by atoms with Crippen LogP contribution >= 0.6 is 0 Å². The highest BCUT2D eigenvalue weighted by atomic mass is 19.1. The van der Waals surface area contributed by atoms with Crippen molar-refractivity contribution in [3.63, 3.8) is 0 Å². The third-order valence-corrected chi connectivity index (χ3v) is 3.26. The molecular formula is C14H18FNO2. The van der Waals surface area contributed by atoms with Crippen LogP contribution in [0.25, 0.3) is 5.57 Å². The minimum Gasteiger partial charge on any atom is -0.389 e. The number of nitrogens with zero attached hydrogens (tertiary/aromatic N) is 1. The molecule has 1 aliphatic heterocycles. The molecule has 0 amide bonds. The molecule has 0 saturated heterocycles. The van der Waals surface area contributed by atoms with Crippen LogP contribution in [-0.2, 0) is 0 Å². The maximum atomic E-state index is 12.8. The van der Waals surface area contributed by atoms with Crippen molar-refractivity contribution in [2.24, 2.45) is 0 Å². The molecule has 0 aliphatic carbocycles. The lowest BCUT2D eigenvalue weighted by molar-refractivity contribution is -0.0711. The monoisotopic (exact) mass is 251 g/mol. The summed E-state index contributed by atoms with van der Waals surface area (Å²) in [4.78, 5) is 1.82.